The monoisotopic (exact) mass is 825 g/mol. The molecule has 1 aliphatic carbocycles. The van der Waals surface area contributed by atoms with E-state index in [1.165, 1.54) is 17.0 Å². The van der Waals surface area contributed by atoms with Gasteiger partial charge in [0.1, 0.15) is 18.1 Å². The van der Waals surface area contributed by atoms with E-state index in [0.29, 0.717) is 24.8 Å². The van der Waals surface area contributed by atoms with Gasteiger partial charge in [-0.15, -0.1) is 0 Å². The number of rotatable bonds is 19. The summed E-state index contributed by atoms with van der Waals surface area (Å²) in [5, 5.41) is 9.97. The Balaban J connectivity index is 1.53. The van der Waals surface area contributed by atoms with Crippen molar-refractivity contribution in [1.82, 2.24) is 30.9 Å². The lowest BCUT2D eigenvalue weighted by molar-refractivity contribution is -0.143. The van der Waals surface area contributed by atoms with Gasteiger partial charge in [0.15, 0.2) is 0 Å². The van der Waals surface area contributed by atoms with Gasteiger partial charge < -0.3 is 36.6 Å². The van der Waals surface area contributed by atoms with Crippen molar-refractivity contribution >= 4 is 51.4 Å². The van der Waals surface area contributed by atoms with Crippen molar-refractivity contribution in [2.75, 3.05) is 19.7 Å². The SMILES string of the molecule is CCCC(NC(=O)C1C[C@@H](NS(=O)(=O)c2ccccc2)CN1C(=O)[C@@H](NC(=O)OCC(C)C)C1CCCCC1)C(=O)C(=O)NCC(=O)N[C@H](C(N)=O)c1ccccc1. The Morgan fingerprint density at radius 2 is 1.52 bits per heavy atom. The normalized spacial score (nSPS) is 18.7. The number of nitrogens with two attached hydrogens (primary N) is 1. The lowest BCUT2D eigenvalue weighted by atomic mass is 9.83. The summed E-state index contributed by atoms with van der Waals surface area (Å²) >= 11 is 0. The van der Waals surface area contributed by atoms with Crippen LogP contribution in [0.4, 0.5) is 4.79 Å². The number of likely N-dealkylation sites (tertiary alicyclic amines) is 1. The number of Topliss-reactive ketones (excluding diaryl/α,β-unsaturated/α-hetero) is 1. The fourth-order valence-corrected chi connectivity index (χ4v) is 8.41. The minimum absolute atomic E-state index is 0.0145. The van der Waals surface area contributed by atoms with E-state index in [1.54, 1.807) is 55.5 Å². The van der Waals surface area contributed by atoms with Crippen LogP contribution in [0.2, 0.25) is 0 Å². The Morgan fingerprint density at radius 3 is 2.12 bits per heavy atom. The minimum atomic E-state index is -4.09. The third kappa shape index (κ3) is 12.8. The van der Waals surface area contributed by atoms with Crippen LogP contribution in [-0.4, -0.2) is 98.6 Å². The number of primary amides is 1. The van der Waals surface area contributed by atoms with Crippen LogP contribution in [0.25, 0.3) is 0 Å². The second-order valence-electron chi connectivity index (χ2n) is 15.1. The highest BCUT2D eigenvalue weighted by atomic mass is 32.2. The number of hydrogen-bond acceptors (Lipinski definition) is 10. The molecular formula is C40H55N7O10S. The molecule has 6 amide bonds. The fourth-order valence-electron chi connectivity index (χ4n) is 7.15. The number of nitrogens with one attached hydrogen (secondary N) is 5. The molecule has 2 aliphatic rings. The lowest BCUT2D eigenvalue weighted by Crippen LogP contribution is -2.58. The lowest BCUT2D eigenvalue weighted by Gasteiger charge is -2.34. The second kappa shape index (κ2) is 21.4. The molecule has 58 heavy (non-hydrogen) atoms. The largest absolute Gasteiger partial charge is 0.449 e. The fraction of sp³-hybridized carbons (Fsp3) is 0.525. The third-order valence-corrected chi connectivity index (χ3v) is 11.6. The molecule has 17 nitrogen and oxygen atoms in total. The quantitative estimate of drug-likeness (QED) is 0.112. The number of alkyl carbamates (subject to hydrolysis) is 1. The molecule has 1 saturated heterocycles. The second-order valence-corrected chi connectivity index (χ2v) is 16.8. The summed E-state index contributed by atoms with van der Waals surface area (Å²) in [6.07, 6.45) is 3.25. The summed E-state index contributed by atoms with van der Waals surface area (Å²) in [6.45, 7) is 4.66. The maximum Gasteiger partial charge on any atom is 0.407 e. The first-order valence-corrected chi connectivity index (χ1v) is 21.2. The molecule has 2 aromatic rings. The molecule has 0 radical (unpaired) electrons. The van der Waals surface area contributed by atoms with Gasteiger partial charge in [-0.05, 0) is 55.2 Å². The topological polar surface area (TPSA) is 252 Å². The molecule has 2 unspecified atom stereocenters. The van der Waals surface area contributed by atoms with Gasteiger partial charge in [-0.2, -0.15) is 0 Å². The highest BCUT2D eigenvalue weighted by Crippen LogP contribution is 2.30. The Morgan fingerprint density at radius 1 is 0.879 bits per heavy atom. The van der Waals surface area contributed by atoms with Crippen LogP contribution in [-0.2, 0) is 43.5 Å². The van der Waals surface area contributed by atoms with Crippen molar-refractivity contribution in [3.63, 3.8) is 0 Å². The first-order valence-electron chi connectivity index (χ1n) is 19.7. The van der Waals surface area contributed by atoms with Crippen LogP contribution in [0.15, 0.2) is 65.6 Å². The summed E-state index contributed by atoms with van der Waals surface area (Å²) in [4.78, 5) is 94.1. The van der Waals surface area contributed by atoms with Crippen LogP contribution in [0.1, 0.15) is 83.7 Å². The predicted molar refractivity (Wildman–Crippen MR) is 212 cm³/mol. The first-order chi connectivity index (χ1) is 27.6. The van der Waals surface area contributed by atoms with E-state index >= 15 is 0 Å². The molecule has 0 spiro atoms. The molecule has 5 atom stereocenters. The van der Waals surface area contributed by atoms with Gasteiger partial charge in [0, 0.05) is 12.6 Å². The number of nitrogens with zero attached hydrogens (tertiary/aromatic N) is 1. The van der Waals surface area contributed by atoms with Crippen molar-refractivity contribution in [3.05, 3.63) is 66.2 Å². The number of carbonyl (C=O) groups excluding carboxylic acids is 7. The Bertz CT molecular complexity index is 1870. The van der Waals surface area contributed by atoms with E-state index in [9.17, 15) is 42.0 Å². The van der Waals surface area contributed by atoms with Crippen LogP contribution < -0.4 is 31.7 Å². The molecule has 1 heterocycles. The zero-order chi connectivity index (χ0) is 42.4. The number of carbonyl (C=O) groups is 7. The highest BCUT2D eigenvalue weighted by molar-refractivity contribution is 7.89. The Hall–Kier alpha value is -5.36. The molecule has 1 aliphatic heterocycles. The number of benzene rings is 2. The van der Waals surface area contributed by atoms with Gasteiger partial charge in [-0.25, -0.2) is 17.9 Å². The molecule has 0 bridgehead atoms. The van der Waals surface area contributed by atoms with Gasteiger partial charge in [0.2, 0.25) is 39.4 Å². The van der Waals surface area contributed by atoms with Crippen molar-refractivity contribution in [2.24, 2.45) is 17.6 Å². The van der Waals surface area contributed by atoms with E-state index in [0.717, 1.165) is 19.3 Å². The van der Waals surface area contributed by atoms with Gasteiger partial charge in [0.25, 0.3) is 5.91 Å². The van der Waals surface area contributed by atoms with Gasteiger partial charge in [0.05, 0.1) is 24.1 Å². The zero-order valence-corrected chi connectivity index (χ0v) is 33.9. The maximum absolute atomic E-state index is 14.5. The summed E-state index contributed by atoms with van der Waals surface area (Å²) in [5.41, 5.74) is 5.88. The molecule has 0 aromatic heterocycles. The molecule has 4 rings (SSSR count). The smallest absolute Gasteiger partial charge is 0.407 e. The molecule has 1 saturated carbocycles. The van der Waals surface area contributed by atoms with Crippen molar-refractivity contribution in [2.45, 2.75) is 107 Å². The zero-order valence-electron chi connectivity index (χ0n) is 33.1. The minimum Gasteiger partial charge on any atom is -0.449 e. The summed E-state index contributed by atoms with van der Waals surface area (Å²) in [6, 6.07) is 9.90. The van der Waals surface area contributed by atoms with Crippen LogP contribution in [0, 0.1) is 11.8 Å². The number of ether oxygens (including phenoxy) is 1. The molecule has 18 heteroatoms. The highest BCUT2D eigenvalue weighted by Gasteiger charge is 2.46. The molecular weight excluding hydrogens is 771 g/mol. The van der Waals surface area contributed by atoms with Gasteiger partial charge in [-0.1, -0.05) is 95.0 Å². The van der Waals surface area contributed by atoms with E-state index < -0.39 is 88.2 Å². The Labute approximate surface area is 339 Å². The third-order valence-electron chi connectivity index (χ3n) is 10.0. The predicted octanol–water partition coefficient (Wildman–Crippen LogP) is 1.58. The average Bonchev–Trinajstić information content (AvgIpc) is 3.63. The number of amides is 6. The van der Waals surface area contributed by atoms with Crippen LogP contribution in [0.3, 0.4) is 0 Å². The molecule has 7 N–H and O–H groups in total. The summed E-state index contributed by atoms with van der Waals surface area (Å²) in [7, 11) is -4.09. The Kier molecular flexibility index (Phi) is 16.7. The van der Waals surface area contributed by atoms with Crippen molar-refractivity contribution < 1.29 is 46.7 Å². The summed E-state index contributed by atoms with van der Waals surface area (Å²) < 4.78 is 34.7. The van der Waals surface area contributed by atoms with E-state index in [4.69, 9.17) is 10.5 Å². The van der Waals surface area contributed by atoms with Crippen molar-refractivity contribution in [3.8, 4) is 0 Å². The maximum atomic E-state index is 14.5. The summed E-state index contributed by atoms with van der Waals surface area (Å²) in [5.74, 6) is -5.56. The van der Waals surface area contributed by atoms with E-state index in [2.05, 4.69) is 26.0 Å². The van der Waals surface area contributed by atoms with E-state index in [1.807, 2.05) is 13.8 Å². The first kappa shape index (κ1) is 45.3. The number of sulfonamides is 1. The average molecular weight is 826 g/mol. The van der Waals surface area contributed by atoms with Crippen LogP contribution in [0.5, 0.6) is 0 Å². The van der Waals surface area contributed by atoms with Gasteiger partial charge >= 0.3 is 6.09 Å². The van der Waals surface area contributed by atoms with E-state index in [-0.39, 0.29) is 42.7 Å². The number of ketones is 1. The molecule has 2 fully saturated rings. The molecule has 316 valence electrons. The van der Waals surface area contributed by atoms with Crippen molar-refractivity contribution in [1.29, 1.82) is 0 Å². The standard InChI is InChI=1S/C40H55N7O10S/c1-4-14-30(35(49)38(52)42-22-32(48)44-33(36(41)50)26-15-8-5-9-16-26)43-37(51)31-21-28(46-58(55,56)29-19-12-7-13-20-29)23-47(31)39(53)34(27-17-10-6-11-18-27)45-40(54)57-24-25(2)3/h5,7-9,12-13,15-16,19-20,25,27-28,30-31,33-34,46H,4,6,10-11,14,17-18,21-24H2,1-3H3,(H2,41,50)(H,42,52)(H,43,51)(H,44,48)(H,45,54)/t28-,30?,31?,33+,34+/m1/s1. The molecule has 2 aromatic carbocycles. The van der Waals surface area contributed by atoms with Gasteiger partial charge in [-0.3, -0.25) is 28.8 Å². The van der Waals surface area contributed by atoms with Crippen LogP contribution >= 0.6 is 0 Å². The number of hydrogen-bond donors (Lipinski definition) is 6.